The number of hydrogen-bond acceptors (Lipinski definition) is 1. The molecule has 0 aliphatic heterocycles. The van der Waals surface area contributed by atoms with Crippen LogP contribution in [-0.2, 0) is 4.79 Å². The number of amides is 1. The maximum absolute atomic E-state index is 11.5. The third kappa shape index (κ3) is 2.20. The van der Waals surface area contributed by atoms with Crippen LogP contribution in [-0.4, -0.2) is 13.0 Å². The van der Waals surface area contributed by atoms with Gasteiger partial charge in [0.15, 0.2) is 0 Å². The van der Waals surface area contributed by atoms with Crippen LogP contribution < -0.4 is 5.32 Å². The summed E-state index contributed by atoms with van der Waals surface area (Å²) in [5.41, 5.74) is 1.38. The van der Waals surface area contributed by atoms with E-state index in [9.17, 15) is 4.79 Å². The van der Waals surface area contributed by atoms with Gasteiger partial charge in [-0.2, -0.15) is 0 Å². The van der Waals surface area contributed by atoms with Crippen molar-refractivity contribution in [2.24, 2.45) is 5.92 Å². The van der Waals surface area contributed by atoms with Crippen molar-refractivity contribution in [1.82, 2.24) is 5.32 Å². The van der Waals surface area contributed by atoms with E-state index in [4.69, 9.17) is 0 Å². The fraction of sp³-hybridized carbons (Fsp3) is 0.462. The summed E-state index contributed by atoms with van der Waals surface area (Å²) >= 11 is 0. The Morgan fingerprint density at radius 1 is 1.27 bits per heavy atom. The van der Waals surface area contributed by atoms with Gasteiger partial charge in [-0.1, -0.05) is 30.3 Å². The molecule has 1 amide bonds. The standard InChI is InChI=1S/C13H17NO/c1-14-13(15)12-8-7-11(9-12)10-5-3-2-4-6-10/h2-6,11-12H,7-9H2,1H3,(H,14,15). The maximum Gasteiger partial charge on any atom is 0.222 e. The van der Waals surface area contributed by atoms with Crippen LogP contribution in [0.4, 0.5) is 0 Å². The van der Waals surface area contributed by atoms with Crippen molar-refractivity contribution >= 4 is 5.91 Å². The molecule has 1 N–H and O–H groups in total. The zero-order valence-electron chi connectivity index (χ0n) is 9.07. The minimum atomic E-state index is 0.202. The van der Waals surface area contributed by atoms with Crippen LogP contribution >= 0.6 is 0 Å². The van der Waals surface area contributed by atoms with Crippen LogP contribution in [0.1, 0.15) is 30.7 Å². The van der Waals surface area contributed by atoms with Crippen LogP contribution in [0.25, 0.3) is 0 Å². The first kappa shape index (κ1) is 10.2. The zero-order valence-corrected chi connectivity index (χ0v) is 9.07. The molecule has 80 valence electrons. The fourth-order valence-corrected chi connectivity index (χ4v) is 2.45. The first-order valence-electron chi connectivity index (χ1n) is 5.58. The summed E-state index contributed by atoms with van der Waals surface area (Å²) in [7, 11) is 1.72. The predicted molar refractivity (Wildman–Crippen MR) is 60.6 cm³/mol. The highest BCUT2D eigenvalue weighted by atomic mass is 16.1. The molecule has 1 fully saturated rings. The molecule has 1 aliphatic rings. The monoisotopic (exact) mass is 203 g/mol. The number of nitrogens with one attached hydrogen (secondary N) is 1. The minimum Gasteiger partial charge on any atom is -0.359 e. The molecular weight excluding hydrogens is 186 g/mol. The molecule has 0 radical (unpaired) electrons. The summed E-state index contributed by atoms with van der Waals surface area (Å²) < 4.78 is 0. The van der Waals surface area contributed by atoms with Crippen molar-refractivity contribution in [2.75, 3.05) is 7.05 Å². The molecule has 0 spiro atoms. The Balaban J connectivity index is 2.02. The largest absolute Gasteiger partial charge is 0.359 e. The lowest BCUT2D eigenvalue weighted by atomic mass is 9.96. The molecule has 1 aromatic rings. The van der Waals surface area contributed by atoms with E-state index in [-0.39, 0.29) is 11.8 Å². The average Bonchev–Trinajstić information content (AvgIpc) is 2.78. The van der Waals surface area contributed by atoms with E-state index in [1.807, 2.05) is 6.07 Å². The molecule has 1 aliphatic carbocycles. The van der Waals surface area contributed by atoms with Crippen molar-refractivity contribution < 1.29 is 4.79 Å². The fourth-order valence-electron chi connectivity index (χ4n) is 2.45. The molecule has 1 saturated carbocycles. The second-order valence-electron chi connectivity index (χ2n) is 4.23. The molecule has 0 saturated heterocycles. The van der Waals surface area contributed by atoms with Crippen LogP contribution in [0, 0.1) is 5.92 Å². The zero-order chi connectivity index (χ0) is 10.7. The van der Waals surface area contributed by atoms with E-state index in [1.165, 1.54) is 5.56 Å². The van der Waals surface area contributed by atoms with Gasteiger partial charge in [0.2, 0.25) is 5.91 Å². The van der Waals surface area contributed by atoms with Gasteiger partial charge in [0, 0.05) is 13.0 Å². The highest BCUT2D eigenvalue weighted by molar-refractivity contribution is 5.78. The smallest absolute Gasteiger partial charge is 0.222 e. The molecule has 2 unspecified atom stereocenters. The van der Waals surface area contributed by atoms with Crippen molar-refractivity contribution in [2.45, 2.75) is 25.2 Å². The van der Waals surface area contributed by atoms with Crippen molar-refractivity contribution in [3.05, 3.63) is 35.9 Å². The van der Waals surface area contributed by atoms with E-state index in [1.54, 1.807) is 7.05 Å². The van der Waals surface area contributed by atoms with Crippen molar-refractivity contribution in [1.29, 1.82) is 0 Å². The Labute approximate surface area is 90.7 Å². The lowest BCUT2D eigenvalue weighted by Crippen LogP contribution is -2.25. The average molecular weight is 203 g/mol. The second-order valence-corrected chi connectivity index (χ2v) is 4.23. The summed E-state index contributed by atoms with van der Waals surface area (Å²) in [4.78, 5) is 11.5. The van der Waals surface area contributed by atoms with Crippen molar-refractivity contribution in [3.8, 4) is 0 Å². The number of carbonyl (C=O) groups excluding carboxylic acids is 1. The van der Waals surface area contributed by atoms with E-state index in [2.05, 4.69) is 29.6 Å². The molecule has 2 nitrogen and oxygen atoms in total. The topological polar surface area (TPSA) is 29.1 Å². The third-order valence-electron chi connectivity index (χ3n) is 3.32. The van der Waals surface area contributed by atoms with Crippen LogP contribution in [0.2, 0.25) is 0 Å². The highest BCUT2D eigenvalue weighted by Gasteiger charge is 2.29. The van der Waals surface area contributed by atoms with Gasteiger partial charge in [-0.25, -0.2) is 0 Å². The molecule has 2 atom stereocenters. The first-order chi connectivity index (χ1) is 7.31. The van der Waals surface area contributed by atoms with Gasteiger partial charge >= 0.3 is 0 Å². The summed E-state index contributed by atoms with van der Waals surface area (Å²) in [5.74, 6) is 1.00. The number of carbonyl (C=O) groups is 1. The Bertz CT molecular complexity index is 334. The first-order valence-corrected chi connectivity index (χ1v) is 5.58. The number of rotatable bonds is 2. The third-order valence-corrected chi connectivity index (χ3v) is 3.32. The SMILES string of the molecule is CNC(=O)C1CCC(c2ccccc2)C1. The Hall–Kier alpha value is -1.31. The van der Waals surface area contributed by atoms with Gasteiger partial charge in [-0.3, -0.25) is 4.79 Å². The quantitative estimate of drug-likeness (QED) is 0.785. The second kappa shape index (κ2) is 4.47. The molecule has 1 aromatic carbocycles. The highest BCUT2D eigenvalue weighted by Crippen LogP contribution is 2.38. The van der Waals surface area contributed by atoms with E-state index in [0.717, 1.165) is 19.3 Å². The van der Waals surface area contributed by atoms with Crippen LogP contribution in [0.15, 0.2) is 30.3 Å². The maximum atomic E-state index is 11.5. The van der Waals surface area contributed by atoms with E-state index >= 15 is 0 Å². The van der Waals surface area contributed by atoms with Crippen LogP contribution in [0.3, 0.4) is 0 Å². The Kier molecular flexibility index (Phi) is 3.05. The number of hydrogen-bond donors (Lipinski definition) is 1. The molecule has 15 heavy (non-hydrogen) atoms. The predicted octanol–water partition coefficient (Wildman–Crippen LogP) is 2.32. The Morgan fingerprint density at radius 2 is 2.00 bits per heavy atom. The molecule has 0 bridgehead atoms. The number of benzene rings is 1. The lowest BCUT2D eigenvalue weighted by molar-refractivity contribution is -0.124. The van der Waals surface area contributed by atoms with Gasteiger partial charge < -0.3 is 5.32 Å². The summed E-state index contributed by atoms with van der Waals surface area (Å²) in [6.45, 7) is 0. The van der Waals surface area contributed by atoms with Gasteiger partial charge in [-0.15, -0.1) is 0 Å². The van der Waals surface area contributed by atoms with E-state index in [0.29, 0.717) is 5.92 Å². The Morgan fingerprint density at radius 3 is 2.67 bits per heavy atom. The van der Waals surface area contributed by atoms with Gasteiger partial charge in [0.25, 0.3) is 0 Å². The van der Waals surface area contributed by atoms with Gasteiger partial charge in [0.05, 0.1) is 0 Å². The van der Waals surface area contributed by atoms with E-state index < -0.39 is 0 Å². The molecular formula is C13H17NO. The normalized spacial score (nSPS) is 25.1. The molecule has 0 heterocycles. The molecule has 0 aromatic heterocycles. The van der Waals surface area contributed by atoms with Gasteiger partial charge in [0.1, 0.15) is 0 Å². The minimum absolute atomic E-state index is 0.202. The van der Waals surface area contributed by atoms with Crippen molar-refractivity contribution in [3.63, 3.8) is 0 Å². The van der Waals surface area contributed by atoms with Crippen LogP contribution in [0.5, 0.6) is 0 Å². The molecule has 2 rings (SSSR count). The summed E-state index contributed by atoms with van der Waals surface area (Å²) in [5, 5.41) is 2.74. The summed E-state index contributed by atoms with van der Waals surface area (Å²) in [6, 6.07) is 10.5. The summed E-state index contributed by atoms with van der Waals surface area (Å²) in [6.07, 6.45) is 3.17. The lowest BCUT2D eigenvalue weighted by Gasteiger charge is -2.10. The molecule has 2 heteroatoms. The van der Waals surface area contributed by atoms with Gasteiger partial charge in [-0.05, 0) is 30.7 Å².